The highest BCUT2D eigenvalue weighted by atomic mass is 16.2. The van der Waals surface area contributed by atoms with E-state index in [1.807, 2.05) is 23.9 Å². The van der Waals surface area contributed by atoms with Crippen LogP contribution in [-0.2, 0) is 11.2 Å². The molecule has 0 saturated carbocycles. The van der Waals surface area contributed by atoms with E-state index in [2.05, 4.69) is 67.0 Å². The van der Waals surface area contributed by atoms with Gasteiger partial charge in [-0.3, -0.25) is 4.79 Å². The minimum Gasteiger partial charge on any atom is -0.333 e. The molecule has 3 aromatic rings. The van der Waals surface area contributed by atoms with E-state index >= 15 is 0 Å². The van der Waals surface area contributed by atoms with Crippen LogP contribution in [0, 0.1) is 13.8 Å². The Morgan fingerprint density at radius 2 is 1.90 bits per heavy atom. The van der Waals surface area contributed by atoms with Crippen LogP contribution in [0.25, 0.3) is 11.0 Å². The monoisotopic (exact) mass is 419 g/mol. The zero-order valence-electron chi connectivity index (χ0n) is 19.3. The largest absolute Gasteiger partial charge is 0.333 e. The van der Waals surface area contributed by atoms with Gasteiger partial charge < -0.3 is 9.80 Å². The molecular formula is C25H33N5O. The molecule has 1 saturated heterocycles. The summed E-state index contributed by atoms with van der Waals surface area (Å²) in [7, 11) is 2.13. The molecule has 0 radical (unpaired) electrons. The molecular weight excluding hydrogens is 386 g/mol. The van der Waals surface area contributed by atoms with Crippen molar-refractivity contribution in [3.63, 3.8) is 0 Å². The van der Waals surface area contributed by atoms with Gasteiger partial charge in [0.1, 0.15) is 0 Å². The number of benzene rings is 1. The number of rotatable bonds is 5. The smallest absolute Gasteiger partial charge is 0.223 e. The van der Waals surface area contributed by atoms with Crippen molar-refractivity contribution in [3.05, 3.63) is 58.9 Å². The van der Waals surface area contributed by atoms with Gasteiger partial charge in [0.05, 0.1) is 12.2 Å². The molecule has 1 aliphatic heterocycles. The third kappa shape index (κ3) is 4.22. The van der Waals surface area contributed by atoms with Crippen molar-refractivity contribution < 1.29 is 4.79 Å². The van der Waals surface area contributed by atoms with Gasteiger partial charge >= 0.3 is 0 Å². The second-order valence-electron chi connectivity index (χ2n) is 9.00. The topological polar surface area (TPSA) is 54.3 Å². The van der Waals surface area contributed by atoms with Crippen LogP contribution in [0.5, 0.6) is 0 Å². The van der Waals surface area contributed by atoms with Gasteiger partial charge in [-0.05, 0) is 57.9 Å². The molecule has 2 aromatic heterocycles. The van der Waals surface area contributed by atoms with E-state index in [4.69, 9.17) is 4.98 Å². The van der Waals surface area contributed by atoms with Crippen LogP contribution in [-0.4, -0.2) is 57.2 Å². The predicted molar refractivity (Wildman–Crippen MR) is 124 cm³/mol. The van der Waals surface area contributed by atoms with Crippen molar-refractivity contribution in [1.82, 2.24) is 24.6 Å². The summed E-state index contributed by atoms with van der Waals surface area (Å²) >= 11 is 0. The van der Waals surface area contributed by atoms with Crippen LogP contribution >= 0.6 is 0 Å². The summed E-state index contributed by atoms with van der Waals surface area (Å²) in [5.41, 5.74) is 5.51. The van der Waals surface area contributed by atoms with Gasteiger partial charge in [-0.2, -0.15) is 5.10 Å². The number of amides is 1. The molecule has 1 fully saturated rings. The maximum atomic E-state index is 13.3. The number of aromatic nitrogens is 3. The van der Waals surface area contributed by atoms with E-state index in [1.165, 1.54) is 16.7 Å². The zero-order valence-corrected chi connectivity index (χ0v) is 19.3. The predicted octanol–water partition coefficient (Wildman–Crippen LogP) is 4.08. The summed E-state index contributed by atoms with van der Waals surface area (Å²) in [5, 5.41) is 5.62. The first kappa shape index (κ1) is 21.5. The van der Waals surface area contributed by atoms with Crippen LogP contribution in [0.3, 0.4) is 0 Å². The molecule has 0 spiro atoms. The number of aryl methyl sites for hydroxylation is 2. The molecule has 1 atom stereocenters. The number of carbonyl (C=O) groups is 1. The Morgan fingerprint density at radius 3 is 2.61 bits per heavy atom. The summed E-state index contributed by atoms with van der Waals surface area (Å²) in [6.45, 7) is 11.0. The summed E-state index contributed by atoms with van der Waals surface area (Å²) in [6.07, 6.45) is 3.12. The third-order valence-corrected chi connectivity index (χ3v) is 6.50. The zero-order chi connectivity index (χ0) is 22.1. The summed E-state index contributed by atoms with van der Waals surface area (Å²) in [6, 6.07) is 10.8. The number of carbonyl (C=O) groups excluding carboxylic acids is 1. The van der Waals surface area contributed by atoms with Crippen LogP contribution < -0.4 is 0 Å². The highest BCUT2D eigenvalue weighted by Gasteiger charge is 2.30. The fourth-order valence-electron chi connectivity index (χ4n) is 4.69. The molecule has 0 unspecified atom stereocenters. The van der Waals surface area contributed by atoms with Crippen molar-refractivity contribution in [3.8, 4) is 0 Å². The third-order valence-electron chi connectivity index (χ3n) is 6.50. The highest BCUT2D eigenvalue weighted by molar-refractivity contribution is 5.81. The van der Waals surface area contributed by atoms with E-state index in [9.17, 15) is 4.79 Å². The Balaban J connectivity index is 1.54. The van der Waals surface area contributed by atoms with Gasteiger partial charge in [-0.1, -0.05) is 30.3 Å². The molecule has 0 bridgehead atoms. The number of hydrogen-bond acceptors (Lipinski definition) is 4. The quantitative estimate of drug-likeness (QED) is 0.625. The first-order valence-electron chi connectivity index (χ1n) is 11.2. The standard InChI is InChI=1S/C25H33N5O/c1-17(2)30-25-22(15-26-30)18(3)21(19(4)27-25)11-12-24(31)29-14-13-28(5)16-23(29)20-9-7-6-8-10-20/h6-10,15,17,23H,11-14,16H2,1-5H3/t23-/m0/s1. The Morgan fingerprint density at radius 1 is 1.16 bits per heavy atom. The lowest BCUT2D eigenvalue weighted by molar-refractivity contribution is -0.136. The van der Waals surface area contributed by atoms with Crippen LogP contribution in [0.2, 0.25) is 0 Å². The van der Waals surface area contributed by atoms with Crippen molar-refractivity contribution in [2.75, 3.05) is 26.7 Å². The lowest BCUT2D eigenvalue weighted by Gasteiger charge is -2.40. The summed E-state index contributed by atoms with van der Waals surface area (Å²) < 4.78 is 1.97. The minimum absolute atomic E-state index is 0.111. The van der Waals surface area contributed by atoms with Gasteiger partial charge in [0.15, 0.2) is 5.65 Å². The molecule has 0 N–H and O–H groups in total. The normalized spacial score (nSPS) is 17.6. The number of likely N-dealkylation sites (N-methyl/N-ethyl adjacent to an activating group) is 1. The first-order chi connectivity index (χ1) is 14.9. The van der Waals surface area contributed by atoms with Crippen molar-refractivity contribution in [2.45, 2.75) is 52.6 Å². The Kier molecular flexibility index (Phi) is 6.10. The average Bonchev–Trinajstić information content (AvgIpc) is 3.18. The van der Waals surface area contributed by atoms with E-state index in [1.54, 1.807) is 0 Å². The summed E-state index contributed by atoms with van der Waals surface area (Å²) in [4.78, 5) is 22.5. The van der Waals surface area contributed by atoms with Crippen LogP contribution in [0.15, 0.2) is 36.5 Å². The molecule has 1 aliphatic rings. The molecule has 1 aromatic carbocycles. The molecule has 0 aliphatic carbocycles. The number of hydrogen-bond donors (Lipinski definition) is 0. The summed E-state index contributed by atoms with van der Waals surface area (Å²) in [5.74, 6) is 0.221. The fourth-order valence-corrected chi connectivity index (χ4v) is 4.69. The Bertz CT molecular complexity index is 1070. The van der Waals surface area contributed by atoms with Gasteiger partial charge in [0, 0.05) is 43.2 Å². The van der Waals surface area contributed by atoms with E-state index in [0.29, 0.717) is 12.8 Å². The number of nitrogens with zero attached hydrogens (tertiary/aromatic N) is 5. The molecule has 4 rings (SSSR count). The molecule has 6 heteroatoms. The lowest BCUT2D eigenvalue weighted by Crippen LogP contribution is -2.49. The SMILES string of the molecule is Cc1nc2c(cnn2C(C)C)c(C)c1CCC(=O)N1CCN(C)C[C@H]1c1ccccc1. The van der Waals surface area contributed by atoms with E-state index in [0.717, 1.165) is 36.4 Å². The van der Waals surface area contributed by atoms with Crippen molar-refractivity contribution in [1.29, 1.82) is 0 Å². The van der Waals surface area contributed by atoms with E-state index < -0.39 is 0 Å². The van der Waals surface area contributed by atoms with Crippen molar-refractivity contribution in [2.24, 2.45) is 0 Å². The van der Waals surface area contributed by atoms with Crippen LogP contribution in [0.1, 0.15) is 54.7 Å². The van der Waals surface area contributed by atoms with Gasteiger partial charge in [-0.15, -0.1) is 0 Å². The maximum absolute atomic E-state index is 13.3. The van der Waals surface area contributed by atoms with Crippen LogP contribution in [0.4, 0.5) is 0 Å². The fraction of sp³-hybridized carbons (Fsp3) is 0.480. The first-order valence-corrected chi connectivity index (χ1v) is 11.2. The maximum Gasteiger partial charge on any atom is 0.223 e. The average molecular weight is 420 g/mol. The molecule has 6 nitrogen and oxygen atoms in total. The molecule has 164 valence electrons. The van der Waals surface area contributed by atoms with Gasteiger partial charge in [0.25, 0.3) is 0 Å². The molecule has 31 heavy (non-hydrogen) atoms. The lowest BCUT2D eigenvalue weighted by atomic mass is 9.98. The Labute approximate surface area is 184 Å². The number of fused-ring (bicyclic) bond motifs is 1. The number of piperazine rings is 1. The second-order valence-corrected chi connectivity index (χ2v) is 9.00. The minimum atomic E-state index is 0.111. The molecule has 3 heterocycles. The second kappa shape index (κ2) is 8.79. The highest BCUT2D eigenvalue weighted by Crippen LogP contribution is 2.28. The molecule has 1 amide bonds. The number of pyridine rings is 1. The van der Waals surface area contributed by atoms with Gasteiger partial charge in [-0.25, -0.2) is 9.67 Å². The van der Waals surface area contributed by atoms with E-state index in [-0.39, 0.29) is 18.0 Å². The van der Waals surface area contributed by atoms with Crippen molar-refractivity contribution >= 4 is 16.9 Å². The van der Waals surface area contributed by atoms with Gasteiger partial charge in [0.2, 0.25) is 5.91 Å². The Hall–Kier alpha value is -2.73.